The number of benzene rings is 1. The summed E-state index contributed by atoms with van der Waals surface area (Å²) < 4.78 is 5.44. The second kappa shape index (κ2) is 11.7. The molecule has 1 aliphatic carbocycles. The Kier molecular flexibility index (Phi) is 9.68. The summed E-state index contributed by atoms with van der Waals surface area (Å²) in [6.07, 6.45) is 3.44. The Labute approximate surface area is 215 Å². The fourth-order valence-corrected chi connectivity index (χ4v) is 4.45. The van der Waals surface area contributed by atoms with Crippen molar-refractivity contribution in [3.05, 3.63) is 34.9 Å². The second-order valence-corrected chi connectivity index (χ2v) is 12.4. The third-order valence-electron chi connectivity index (χ3n) is 5.54. The molecule has 0 heterocycles. The van der Waals surface area contributed by atoms with Crippen LogP contribution in [0, 0.1) is 13.8 Å². The first-order valence-corrected chi connectivity index (χ1v) is 13.7. The number of ether oxygens (including phenoxy) is 1. The van der Waals surface area contributed by atoms with Gasteiger partial charge in [-0.1, -0.05) is 23.8 Å². The van der Waals surface area contributed by atoms with E-state index in [0.717, 1.165) is 29.5 Å². The zero-order valence-electron chi connectivity index (χ0n) is 22.8. The van der Waals surface area contributed by atoms with Gasteiger partial charge in [0, 0.05) is 11.6 Å². The summed E-state index contributed by atoms with van der Waals surface area (Å²) in [6, 6.07) is 4.33. The largest absolute Gasteiger partial charge is 0.444 e. The Hall–Kier alpha value is -2.22. The van der Waals surface area contributed by atoms with E-state index in [1.54, 1.807) is 37.4 Å². The fraction of sp³-hybridized carbons (Fsp3) is 0.667. The van der Waals surface area contributed by atoms with Crippen molar-refractivity contribution in [1.82, 2.24) is 15.5 Å². The van der Waals surface area contributed by atoms with Gasteiger partial charge in [0.05, 0.1) is 0 Å². The number of rotatable bonds is 9. The first-order chi connectivity index (χ1) is 16.1. The number of nitrogens with one attached hydrogen (secondary N) is 2. The Bertz CT molecular complexity index is 916. The van der Waals surface area contributed by atoms with Gasteiger partial charge in [-0.15, -0.1) is 0 Å². The zero-order chi connectivity index (χ0) is 26.6. The minimum Gasteiger partial charge on any atom is -0.444 e. The summed E-state index contributed by atoms with van der Waals surface area (Å²) in [5, 5.41) is 5.87. The predicted molar refractivity (Wildman–Crippen MR) is 143 cm³/mol. The van der Waals surface area contributed by atoms with Crippen molar-refractivity contribution in [3.63, 3.8) is 0 Å². The molecule has 2 N–H and O–H groups in total. The minimum atomic E-state index is -0.785. The van der Waals surface area contributed by atoms with E-state index < -0.39 is 29.3 Å². The van der Waals surface area contributed by atoms with Crippen LogP contribution in [0.2, 0.25) is 0 Å². The van der Waals surface area contributed by atoms with E-state index in [0.29, 0.717) is 12.2 Å². The molecule has 196 valence electrons. The highest BCUT2D eigenvalue weighted by atomic mass is 32.2. The van der Waals surface area contributed by atoms with E-state index in [4.69, 9.17) is 4.74 Å². The van der Waals surface area contributed by atoms with Gasteiger partial charge >= 0.3 is 6.09 Å². The van der Waals surface area contributed by atoms with Crippen LogP contribution in [0.5, 0.6) is 0 Å². The molecule has 0 saturated heterocycles. The molecule has 8 heteroatoms. The highest BCUT2D eigenvalue weighted by Crippen LogP contribution is 2.37. The third kappa shape index (κ3) is 9.06. The van der Waals surface area contributed by atoms with Gasteiger partial charge < -0.3 is 20.3 Å². The molecular weight excluding hydrogens is 462 g/mol. The standard InChI is InChI=1S/C27H43N3O4S/c1-17-10-13-20(18(2)16-17)22(23(31)29-26(3,4)5)30(19-11-12-19)24(32)21(14-15-35-9)28-25(33)34-27(6,7)8/h10,13,16,19,21-22H,11-12,14-15H2,1-9H3,(H,28,33)(H,29,31). The van der Waals surface area contributed by atoms with Crippen molar-refractivity contribution in [2.45, 2.75) is 104 Å². The quantitative estimate of drug-likeness (QED) is 0.499. The molecule has 35 heavy (non-hydrogen) atoms. The number of thioether (sulfide) groups is 1. The highest BCUT2D eigenvalue weighted by Gasteiger charge is 2.44. The molecule has 0 radical (unpaired) electrons. The number of hydrogen-bond acceptors (Lipinski definition) is 5. The summed E-state index contributed by atoms with van der Waals surface area (Å²) >= 11 is 1.60. The zero-order valence-corrected chi connectivity index (χ0v) is 23.6. The summed E-state index contributed by atoms with van der Waals surface area (Å²) in [7, 11) is 0. The van der Waals surface area contributed by atoms with Gasteiger partial charge in [0.25, 0.3) is 0 Å². The van der Waals surface area contributed by atoms with Crippen LogP contribution in [-0.4, -0.2) is 58.0 Å². The van der Waals surface area contributed by atoms with E-state index >= 15 is 0 Å². The third-order valence-corrected chi connectivity index (χ3v) is 6.18. The van der Waals surface area contributed by atoms with Crippen LogP contribution in [-0.2, 0) is 14.3 Å². The predicted octanol–water partition coefficient (Wildman–Crippen LogP) is 4.90. The summed E-state index contributed by atoms with van der Waals surface area (Å²) in [6.45, 7) is 15.1. The van der Waals surface area contributed by atoms with Crippen LogP contribution >= 0.6 is 11.8 Å². The number of alkyl carbamates (subject to hydrolysis) is 1. The van der Waals surface area contributed by atoms with E-state index in [1.807, 2.05) is 59.1 Å². The highest BCUT2D eigenvalue weighted by molar-refractivity contribution is 7.98. The molecule has 1 saturated carbocycles. The summed E-state index contributed by atoms with van der Waals surface area (Å²) in [5.74, 6) is 0.222. The number of nitrogens with zero attached hydrogens (tertiary/aromatic N) is 1. The molecule has 1 fully saturated rings. The molecule has 0 bridgehead atoms. The maximum atomic E-state index is 14.1. The SMILES string of the molecule is CSCCC(NC(=O)OC(C)(C)C)C(=O)N(C1CC1)C(C(=O)NC(C)(C)C)c1ccc(C)cc1C. The minimum absolute atomic E-state index is 0.0452. The summed E-state index contributed by atoms with van der Waals surface area (Å²) in [4.78, 5) is 42.1. The maximum Gasteiger partial charge on any atom is 0.408 e. The molecule has 3 amide bonds. The Balaban J connectivity index is 2.49. The van der Waals surface area contributed by atoms with Crippen LogP contribution in [0.1, 0.15) is 83.5 Å². The smallest absolute Gasteiger partial charge is 0.408 e. The number of hydrogen-bond donors (Lipinski definition) is 2. The first-order valence-electron chi connectivity index (χ1n) is 12.3. The molecule has 1 aliphatic rings. The van der Waals surface area contributed by atoms with E-state index in [2.05, 4.69) is 10.6 Å². The molecule has 0 aromatic heterocycles. The van der Waals surface area contributed by atoms with Gasteiger partial charge in [-0.3, -0.25) is 9.59 Å². The first kappa shape index (κ1) is 29.0. The lowest BCUT2D eigenvalue weighted by Crippen LogP contribution is -2.55. The molecule has 2 rings (SSSR count). The van der Waals surface area contributed by atoms with Gasteiger partial charge in [-0.25, -0.2) is 4.79 Å². The molecule has 7 nitrogen and oxygen atoms in total. The van der Waals surface area contributed by atoms with Crippen molar-refractivity contribution in [3.8, 4) is 0 Å². The number of amides is 3. The van der Waals surface area contributed by atoms with Crippen molar-refractivity contribution in [2.24, 2.45) is 0 Å². The second-order valence-electron chi connectivity index (χ2n) is 11.5. The van der Waals surface area contributed by atoms with Crippen LogP contribution < -0.4 is 10.6 Å². The molecule has 2 unspecified atom stereocenters. The van der Waals surface area contributed by atoms with Crippen molar-refractivity contribution in [1.29, 1.82) is 0 Å². The molecule has 2 atom stereocenters. The Morgan fingerprint density at radius 2 is 1.74 bits per heavy atom. The fourth-order valence-electron chi connectivity index (χ4n) is 3.98. The lowest BCUT2D eigenvalue weighted by atomic mass is 9.95. The van der Waals surface area contributed by atoms with E-state index in [9.17, 15) is 14.4 Å². The van der Waals surface area contributed by atoms with Crippen molar-refractivity contribution < 1.29 is 19.1 Å². The van der Waals surface area contributed by atoms with Crippen LogP contribution in [0.25, 0.3) is 0 Å². The van der Waals surface area contributed by atoms with Gasteiger partial charge in [0.1, 0.15) is 17.7 Å². The molecule has 1 aromatic carbocycles. The number of carbonyl (C=O) groups excluding carboxylic acids is 3. The topological polar surface area (TPSA) is 87.7 Å². The lowest BCUT2D eigenvalue weighted by Gasteiger charge is -2.36. The number of aryl methyl sites for hydroxylation is 2. The van der Waals surface area contributed by atoms with Crippen LogP contribution in [0.15, 0.2) is 18.2 Å². The van der Waals surface area contributed by atoms with Crippen LogP contribution in [0.3, 0.4) is 0 Å². The van der Waals surface area contributed by atoms with Gasteiger partial charge in [0.2, 0.25) is 11.8 Å². The van der Waals surface area contributed by atoms with Gasteiger partial charge in [0.15, 0.2) is 0 Å². The maximum absolute atomic E-state index is 14.1. The normalized spacial score (nSPS) is 15.7. The lowest BCUT2D eigenvalue weighted by molar-refractivity contribution is -0.143. The monoisotopic (exact) mass is 505 g/mol. The Morgan fingerprint density at radius 1 is 1.11 bits per heavy atom. The van der Waals surface area contributed by atoms with E-state index in [1.165, 1.54) is 0 Å². The van der Waals surface area contributed by atoms with Crippen molar-refractivity contribution >= 4 is 29.7 Å². The van der Waals surface area contributed by atoms with Gasteiger partial charge in [-0.05, 0) is 97.8 Å². The average Bonchev–Trinajstić information content (AvgIpc) is 3.51. The van der Waals surface area contributed by atoms with E-state index in [-0.39, 0.29) is 17.9 Å². The molecule has 0 aliphatic heterocycles. The summed E-state index contributed by atoms with van der Waals surface area (Å²) in [5.41, 5.74) is 1.72. The van der Waals surface area contributed by atoms with Crippen molar-refractivity contribution in [2.75, 3.05) is 12.0 Å². The molecule has 1 aromatic rings. The Morgan fingerprint density at radius 3 is 2.23 bits per heavy atom. The molecular formula is C27H43N3O4S. The van der Waals surface area contributed by atoms with Gasteiger partial charge in [-0.2, -0.15) is 11.8 Å². The molecule has 0 spiro atoms. The van der Waals surface area contributed by atoms with Crippen LogP contribution in [0.4, 0.5) is 4.79 Å². The average molecular weight is 506 g/mol. The number of carbonyl (C=O) groups is 3.